The number of aryl methyl sites for hydroxylation is 1. The second-order valence-corrected chi connectivity index (χ2v) is 7.33. The molecule has 27 heavy (non-hydrogen) atoms. The normalized spacial score (nSPS) is 21.4. The number of nitrogens with zero attached hydrogens (tertiary/aromatic N) is 5. The van der Waals surface area contributed by atoms with E-state index in [-0.39, 0.29) is 5.91 Å². The summed E-state index contributed by atoms with van der Waals surface area (Å²) >= 11 is 0. The van der Waals surface area contributed by atoms with Crippen LogP contribution in [0.2, 0.25) is 0 Å². The number of carbonyl (C=O) groups excluding carboxylic acids is 1. The van der Waals surface area contributed by atoms with Gasteiger partial charge in [0.15, 0.2) is 0 Å². The molecule has 1 atom stereocenters. The Labute approximate surface area is 160 Å². The Morgan fingerprint density at radius 1 is 1.26 bits per heavy atom. The molecule has 7 heteroatoms. The van der Waals surface area contributed by atoms with Gasteiger partial charge in [-0.15, -0.1) is 0 Å². The van der Waals surface area contributed by atoms with E-state index in [1.807, 2.05) is 28.7 Å². The van der Waals surface area contributed by atoms with Crippen molar-refractivity contribution in [3.05, 3.63) is 42.1 Å². The summed E-state index contributed by atoms with van der Waals surface area (Å²) < 4.78 is 7.35. The van der Waals surface area contributed by atoms with Crippen molar-refractivity contribution >= 4 is 5.91 Å². The molecule has 0 N–H and O–H groups in total. The zero-order chi connectivity index (χ0) is 18.6. The quantitative estimate of drug-likeness (QED) is 0.819. The molecule has 4 rings (SSSR count). The second-order valence-electron chi connectivity index (χ2n) is 7.33. The van der Waals surface area contributed by atoms with Crippen molar-refractivity contribution in [2.24, 2.45) is 0 Å². The minimum absolute atomic E-state index is 0.217. The summed E-state index contributed by atoms with van der Waals surface area (Å²) in [5, 5.41) is 0. The molecule has 0 radical (unpaired) electrons. The number of ether oxygens (including phenoxy) is 1. The lowest BCUT2D eigenvalue weighted by Gasteiger charge is -2.34. The van der Waals surface area contributed by atoms with E-state index in [0.717, 1.165) is 43.3 Å². The first-order chi connectivity index (χ1) is 13.2. The monoisotopic (exact) mass is 369 g/mol. The molecule has 0 aliphatic carbocycles. The fourth-order valence-electron chi connectivity index (χ4n) is 3.97. The van der Waals surface area contributed by atoms with Crippen LogP contribution in [-0.2, 0) is 9.53 Å². The van der Waals surface area contributed by atoms with Crippen LogP contribution in [0.5, 0.6) is 0 Å². The van der Waals surface area contributed by atoms with Gasteiger partial charge in [-0.2, -0.15) is 0 Å². The highest BCUT2D eigenvalue weighted by Crippen LogP contribution is 2.26. The van der Waals surface area contributed by atoms with Crippen LogP contribution in [0.15, 0.2) is 30.6 Å². The van der Waals surface area contributed by atoms with Crippen molar-refractivity contribution in [1.29, 1.82) is 0 Å². The van der Waals surface area contributed by atoms with Crippen LogP contribution in [-0.4, -0.2) is 76.2 Å². The lowest BCUT2D eigenvalue weighted by atomic mass is 9.94. The van der Waals surface area contributed by atoms with E-state index < -0.39 is 0 Å². The summed E-state index contributed by atoms with van der Waals surface area (Å²) in [6, 6.07) is 6.18. The molecule has 0 saturated carbocycles. The van der Waals surface area contributed by atoms with Crippen molar-refractivity contribution in [3.63, 3.8) is 0 Å². The number of hydrogen-bond donors (Lipinski definition) is 0. The maximum atomic E-state index is 12.6. The molecule has 1 amide bonds. The topological polar surface area (TPSA) is 63.5 Å². The third-order valence-electron chi connectivity index (χ3n) is 5.47. The number of amides is 1. The second kappa shape index (κ2) is 8.19. The number of hydrogen-bond acceptors (Lipinski definition) is 5. The van der Waals surface area contributed by atoms with Crippen LogP contribution in [0, 0.1) is 6.92 Å². The van der Waals surface area contributed by atoms with Crippen molar-refractivity contribution < 1.29 is 9.53 Å². The van der Waals surface area contributed by atoms with Crippen LogP contribution in [0.25, 0.3) is 5.82 Å². The number of morpholine rings is 1. The predicted molar refractivity (Wildman–Crippen MR) is 102 cm³/mol. The number of likely N-dealkylation sites (tertiary alicyclic amines) is 1. The minimum Gasteiger partial charge on any atom is -0.378 e. The Bertz CT molecular complexity index is 784. The fraction of sp³-hybridized carbons (Fsp3) is 0.550. The summed E-state index contributed by atoms with van der Waals surface area (Å²) in [6.45, 7) is 7.07. The van der Waals surface area contributed by atoms with E-state index in [2.05, 4.69) is 22.0 Å². The number of imidazole rings is 1. The van der Waals surface area contributed by atoms with Crippen molar-refractivity contribution in [3.8, 4) is 5.82 Å². The Kier molecular flexibility index (Phi) is 5.50. The molecule has 4 heterocycles. The van der Waals surface area contributed by atoms with Crippen LogP contribution in [0.3, 0.4) is 0 Å². The third kappa shape index (κ3) is 4.20. The Morgan fingerprint density at radius 2 is 2.11 bits per heavy atom. The van der Waals surface area contributed by atoms with Gasteiger partial charge in [0.25, 0.3) is 0 Å². The standard InChI is InChI=1S/C20H27N5O2/c1-16-21-7-9-25(16)19-6-2-5-18(22-19)17-4-3-8-23(14-17)15-20(26)24-10-12-27-13-11-24/h2,5-7,9,17H,3-4,8,10-15H2,1H3. The number of carbonyl (C=O) groups is 1. The van der Waals surface area contributed by atoms with E-state index in [1.54, 1.807) is 6.20 Å². The molecular formula is C20H27N5O2. The van der Waals surface area contributed by atoms with Gasteiger partial charge in [0.05, 0.1) is 19.8 Å². The van der Waals surface area contributed by atoms with Crippen LogP contribution in [0.1, 0.15) is 30.3 Å². The Hall–Kier alpha value is -2.25. The zero-order valence-corrected chi connectivity index (χ0v) is 15.9. The molecule has 2 fully saturated rings. The SMILES string of the molecule is Cc1nccn1-c1cccc(C2CCCN(CC(=O)N3CCOCC3)C2)n1. The fourth-order valence-corrected chi connectivity index (χ4v) is 3.97. The Balaban J connectivity index is 1.42. The van der Waals surface area contributed by atoms with E-state index in [0.29, 0.717) is 38.8 Å². The molecule has 144 valence electrons. The molecule has 2 saturated heterocycles. The highest BCUT2D eigenvalue weighted by Gasteiger charge is 2.26. The van der Waals surface area contributed by atoms with Gasteiger partial charge in [-0.1, -0.05) is 6.07 Å². The van der Waals surface area contributed by atoms with Gasteiger partial charge in [-0.05, 0) is 38.4 Å². The molecule has 1 unspecified atom stereocenters. The first-order valence-electron chi connectivity index (χ1n) is 9.76. The largest absolute Gasteiger partial charge is 0.378 e. The molecule has 7 nitrogen and oxygen atoms in total. The van der Waals surface area contributed by atoms with Crippen molar-refractivity contribution in [2.75, 3.05) is 45.9 Å². The van der Waals surface area contributed by atoms with Gasteiger partial charge in [-0.25, -0.2) is 9.97 Å². The summed E-state index contributed by atoms with van der Waals surface area (Å²) in [6.07, 6.45) is 5.94. The van der Waals surface area contributed by atoms with Gasteiger partial charge in [0.1, 0.15) is 11.6 Å². The van der Waals surface area contributed by atoms with Crippen molar-refractivity contribution in [2.45, 2.75) is 25.7 Å². The molecular weight excluding hydrogens is 342 g/mol. The summed E-state index contributed by atoms with van der Waals surface area (Å²) in [5.41, 5.74) is 1.10. The maximum Gasteiger partial charge on any atom is 0.236 e. The molecule has 2 aromatic heterocycles. The van der Waals surface area contributed by atoms with Gasteiger partial charge >= 0.3 is 0 Å². The molecule has 2 aromatic rings. The van der Waals surface area contributed by atoms with Gasteiger partial charge < -0.3 is 9.64 Å². The predicted octanol–water partition coefficient (Wildman–Crippen LogP) is 1.61. The van der Waals surface area contributed by atoms with Crippen LogP contribution >= 0.6 is 0 Å². The van der Waals surface area contributed by atoms with Crippen LogP contribution < -0.4 is 0 Å². The lowest BCUT2D eigenvalue weighted by molar-refractivity contribution is -0.136. The average Bonchev–Trinajstić information content (AvgIpc) is 3.15. The maximum absolute atomic E-state index is 12.6. The molecule has 2 aliphatic rings. The Morgan fingerprint density at radius 3 is 2.89 bits per heavy atom. The number of rotatable bonds is 4. The number of aromatic nitrogens is 3. The number of pyridine rings is 1. The lowest BCUT2D eigenvalue weighted by Crippen LogP contribution is -2.47. The highest BCUT2D eigenvalue weighted by atomic mass is 16.5. The van der Waals surface area contributed by atoms with E-state index in [1.165, 1.54) is 0 Å². The number of piperidine rings is 1. The first-order valence-corrected chi connectivity index (χ1v) is 9.76. The minimum atomic E-state index is 0.217. The molecule has 0 aromatic carbocycles. The molecule has 2 aliphatic heterocycles. The van der Waals surface area contributed by atoms with Gasteiger partial charge in [0, 0.05) is 43.6 Å². The van der Waals surface area contributed by atoms with E-state index in [4.69, 9.17) is 9.72 Å². The first kappa shape index (κ1) is 18.1. The van der Waals surface area contributed by atoms with E-state index in [9.17, 15) is 4.79 Å². The third-order valence-corrected chi connectivity index (χ3v) is 5.47. The summed E-state index contributed by atoms with van der Waals surface area (Å²) in [5.74, 6) is 2.42. The van der Waals surface area contributed by atoms with Crippen LogP contribution in [0.4, 0.5) is 0 Å². The summed E-state index contributed by atoms with van der Waals surface area (Å²) in [4.78, 5) is 25.9. The molecule has 0 bridgehead atoms. The van der Waals surface area contributed by atoms with Gasteiger partial charge in [0.2, 0.25) is 5.91 Å². The van der Waals surface area contributed by atoms with Crippen molar-refractivity contribution in [1.82, 2.24) is 24.3 Å². The average molecular weight is 369 g/mol. The highest BCUT2D eigenvalue weighted by molar-refractivity contribution is 5.78. The zero-order valence-electron chi connectivity index (χ0n) is 15.9. The van der Waals surface area contributed by atoms with E-state index >= 15 is 0 Å². The summed E-state index contributed by atoms with van der Waals surface area (Å²) in [7, 11) is 0. The molecule has 0 spiro atoms. The smallest absolute Gasteiger partial charge is 0.236 e. The van der Waals surface area contributed by atoms with Gasteiger partial charge in [-0.3, -0.25) is 14.3 Å².